The van der Waals surface area contributed by atoms with E-state index in [1.54, 1.807) is 0 Å². The van der Waals surface area contributed by atoms with Gasteiger partial charge in [-0.1, -0.05) is 30.3 Å². The second kappa shape index (κ2) is 8.62. The molecule has 0 radical (unpaired) electrons. The molecule has 1 aliphatic rings. The number of para-hydroxylation sites is 3. The number of rotatable bonds is 6. The maximum Gasteiger partial charge on any atom is 0.262 e. The molecule has 0 bridgehead atoms. The fourth-order valence-corrected chi connectivity index (χ4v) is 3.99. The van der Waals surface area contributed by atoms with Crippen LogP contribution in [0.2, 0.25) is 0 Å². The molecule has 3 rings (SSSR count). The van der Waals surface area contributed by atoms with Crippen molar-refractivity contribution < 1.29 is 17.9 Å². The molecule has 1 amide bonds. The van der Waals surface area contributed by atoms with Crippen LogP contribution in [0.3, 0.4) is 0 Å². The second-order valence-electron chi connectivity index (χ2n) is 6.77. The lowest BCUT2D eigenvalue weighted by molar-refractivity contribution is -0.118. The molecule has 1 N–H and O–H groups in total. The van der Waals surface area contributed by atoms with Crippen LogP contribution in [0.5, 0.6) is 5.75 Å². The molecule has 0 aliphatic carbocycles. The number of anilines is 2. The number of benzene rings is 2. The highest BCUT2D eigenvalue weighted by atomic mass is 32.2. The van der Waals surface area contributed by atoms with E-state index in [1.165, 1.54) is 10.6 Å². The number of carbonyl (C=O) groups is 1. The topological polar surface area (TPSA) is 79.0 Å². The molecule has 1 saturated heterocycles. The summed E-state index contributed by atoms with van der Waals surface area (Å²) >= 11 is 0. The van der Waals surface area contributed by atoms with Gasteiger partial charge in [0.15, 0.2) is 6.61 Å². The molecule has 0 unspecified atom stereocenters. The van der Waals surface area contributed by atoms with Gasteiger partial charge in [0, 0.05) is 26.2 Å². The third kappa shape index (κ3) is 5.02. The standard InChI is InChI=1S/C20H25N3O4S/c1-16-7-3-6-10-19(16)27-15-20(24)21-17-8-4-5-9-18(17)22-11-13-23(14-12-22)28(2,25)26/h3-10H,11-15H2,1-2H3,(H,21,24). The molecule has 0 atom stereocenters. The SMILES string of the molecule is Cc1ccccc1OCC(=O)Nc1ccccc1N1CCN(S(C)(=O)=O)CC1. The van der Waals surface area contributed by atoms with Gasteiger partial charge >= 0.3 is 0 Å². The first-order valence-corrected chi connectivity index (χ1v) is 11.0. The molecule has 7 nitrogen and oxygen atoms in total. The van der Waals surface area contributed by atoms with E-state index in [2.05, 4.69) is 10.2 Å². The number of hydrogen-bond donors (Lipinski definition) is 1. The summed E-state index contributed by atoms with van der Waals surface area (Å²) in [6.07, 6.45) is 1.23. The van der Waals surface area contributed by atoms with Crippen molar-refractivity contribution in [2.75, 3.05) is 49.3 Å². The van der Waals surface area contributed by atoms with E-state index in [0.29, 0.717) is 37.6 Å². The fraction of sp³-hybridized carbons (Fsp3) is 0.350. The summed E-state index contributed by atoms with van der Waals surface area (Å²) in [5.41, 5.74) is 2.54. The zero-order chi connectivity index (χ0) is 20.1. The summed E-state index contributed by atoms with van der Waals surface area (Å²) in [5.74, 6) is 0.438. The quantitative estimate of drug-likeness (QED) is 0.799. The molecule has 8 heteroatoms. The van der Waals surface area contributed by atoms with Crippen LogP contribution in [0, 0.1) is 6.92 Å². The Morgan fingerprint density at radius 3 is 2.36 bits per heavy atom. The largest absolute Gasteiger partial charge is 0.483 e. The summed E-state index contributed by atoms with van der Waals surface area (Å²) < 4.78 is 30.5. The van der Waals surface area contributed by atoms with E-state index in [0.717, 1.165) is 11.3 Å². The number of sulfonamides is 1. The maximum atomic E-state index is 12.4. The van der Waals surface area contributed by atoms with Crippen LogP contribution in [0.4, 0.5) is 11.4 Å². The van der Waals surface area contributed by atoms with Crippen LogP contribution in [0.1, 0.15) is 5.56 Å². The monoisotopic (exact) mass is 403 g/mol. The van der Waals surface area contributed by atoms with Crippen molar-refractivity contribution in [3.8, 4) is 5.75 Å². The number of hydrogen-bond acceptors (Lipinski definition) is 5. The Labute approximate surface area is 166 Å². The number of nitrogens with zero attached hydrogens (tertiary/aromatic N) is 2. The minimum Gasteiger partial charge on any atom is -0.483 e. The first kappa shape index (κ1) is 20.2. The van der Waals surface area contributed by atoms with E-state index in [9.17, 15) is 13.2 Å². The summed E-state index contributed by atoms with van der Waals surface area (Å²) in [7, 11) is -3.18. The van der Waals surface area contributed by atoms with E-state index in [-0.39, 0.29) is 12.5 Å². The average Bonchev–Trinajstić information content (AvgIpc) is 2.67. The van der Waals surface area contributed by atoms with Crippen molar-refractivity contribution in [3.63, 3.8) is 0 Å². The Morgan fingerprint density at radius 2 is 1.68 bits per heavy atom. The van der Waals surface area contributed by atoms with Gasteiger partial charge < -0.3 is 15.0 Å². The van der Waals surface area contributed by atoms with Gasteiger partial charge in [0.05, 0.1) is 17.6 Å². The Morgan fingerprint density at radius 1 is 1.04 bits per heavy atom. The predicted molar refractivity (Wildman–Crippen MR) is 110 cm³/mol. The molecule has 0 aromatic heterocycles. The van der Waals surface area contributed by atoms with Crippen LogP contribution in [-0.4, -0.2) is 57.7 Å². The van der Waals surface area contributed by atoms with E-state index in [4.69, 9.17) is 4.74 Å². The van der Waals surface area contributed by atoms with Crippen molar-refractivity contribution in [3.05, 3.63) is 54.1 Å². The second-order valence-corrected chi connectivity index (χ2v) is 8.75. The molecule has 2 aromatic rings. The molecular formula is C20H25N3O4S. The predicted octanol–water partition coefficient (Wildman–Crippen LogP) is 2.09. The lowest BCUT2D eigenvalue weighted by Gasteiger charge is -2.35. The van der Waals surface area contributed by atoms with Gasteiger partial charge in [-0.15, -0.1) is 0 Å². The first-order valence-electron chi connectivity index (χ1n) is 9.12. The number of piperazine rings is 1. The van der Waals surface area contributed by atoms with E-state index >= 15 is 0 Å². The Kier molecular flexibility index (Phi) is 6.21. The van der Waals surface area contributed by atoms with Crippen molar-refractivity contribution in [1.82, 2.24) is 4.31 Å². The molecule has 0 spiro atoms. The Hall–Kier alpha value is -2.58. The number of amides is 1. The van der Waals surface area contributed by atoms with Gasteiger partial charge in [0.2, 0.25) is 10.0 Å². The third-order valence-electron chi connectivity index (χ3n) is 4.68. The molecule has 2 aromatic carbocycles. The summed E-state index contributed by atoms with van der Waals surface area (Å²) in [6, 6.07) is 15.1. The molecule has 1 fully saturated rings. The molecular weight excluding hydrogens is 378 g/mol. The molecule has 1 aliphatic heterocycles. The van der Waals surface area contributed by atoms with Gasteiger partial charge in [-0.25, -0.2) is 8.42 Å². The normalized spacial score (nSPS) is 15.3. The Bertz CT molecular complexity index is 938. The van der Waals surface area contributed by atoms with Crippen LogP contribution < -0.4 is 15.0 Å². The average molecular weight is 404 g/mol. The van der Waals surface area contributed by atoms with Crippen molar-refractivity contribution in [2.24, 2.45) is 0 Å². The number of carbonyl (C=O) groups excluding carboxylic acids is 1. The van der Waals surface area contributed by atoms with Gasteiger partial charge in [-0.3, -0.25) is 4.79 Å². The highest BCUT2D eigenvalue weighted by Crippen LogP contribution is 2.27. The summed E-state index contributed by atoms with van der Waals surface area (Å²) in [4.78, 5) is 14.5. The zero-order valence-corrected chi connectivity index (χ0v) is 16.9. The highest BCUT2D eigenvalue weighted by molar-refractivity contribution is 7.88. The third-order valence-corrected chi connectivity index (χ3v) is 5.98. The molecule has 0 saturated carbocycles. The van der Waals surface area contributed by atoms with Gasteiger partial charge in [-0.2, -0.15) is 4.31 Å². The van der Waals surface area contributed by atoms with E-state index < -0.39 is 10.0 Å². The number of nitrogens with one attached hydrogen (secondary N) is 1. The van der Waals surface area contributed by atoms with Crippen molar-refractivity contribution in [2.45, 2.75) is 6.92 Å². The van der Waals surface area contributed by atoms with Gasteiger partial charge in [0.1, 0.15) is 5.75 Å². The summed E-state index contributed by atoms with van der Waals surface area (Å²) in [6.45, 7) is 3.84. The summed E-state index contributed by atoms with van der Waals surface area (Å²) in [5, 5.41) is 2.90. The van der Waals surface area contributed by atoms with Crippen LogP contribution in [0.15, 0.2) is 48.5 Å². The van der Waals surface area contributed by atoms with Crippen LogP contribution in [-0.2, 0) is 14.8 Å². The highest BCUT2D eigenvalue weighted by Gasteiger charge is 2.24. The smallest absolute Gasteiger partial charge is 0.262 e. The first-order chi connectivity index (χ1) is 13.3. The van der Waals surface area contributed by atoms with Crippen molar-refractivity contribution in [1.29, 1.82) is 0 Å². The minimum atomic E-state index is -3.18. The fourth-order valence-electron chi connectivity index (χ4n) is 3.16. The molecule has 28 heavy (non-hydrogen) atoms. The van der Waals surface area contributed by atoms with Crippen LogP contribution >= 0.6 is 0 Å². The number of aryl methyl sites for hydroxylation is 1. The molecule has 150 valence electrons. The maximum absolute atomic E-state index is 12.4. The van der Waals surface area contributed by atoms with Crippen LogP contribution in [0.25, 0.3) is 0 Å². The lowest BCUT2D eigenvalue weighted by atomic mass is 10.2. The van der Waals surface area contributed by atoms with Gasteiger partial charge in [-0.05, 0) is 30.7 Å². The Balaban J connectivity index is 1.63. The lowest BCUT2D eigenvalue weighted by Crippen LogP contribution is -2.48. The van der Waals surface area contributed by atoms with Gasteiger partial charge in [0.25, 0.3) is 5.91 Å². The minimum absolute atomic E-state index is 0.0823. The van der Waals surface area contributed by atoms with E-state index in [1.807, 2.05) is 55.5 Å². The number of ether oxygens (including phenoxy) is 1. The molecule has 1 heterocycles. The van der Waals surface area contributed by atoms with Crippen molar-refractivity contribution >= 4 is 27.3 Å². The zero-order valence-electron chi connectivity index (χ0n) is 16.1.